The van der Waals surface area contributed by atoms with E-state index in [2.05, 4.69) is 4.98 Å². The number of methoxy groups -OCH3 is 1. The van der Waals surface area contributed by atoms with Gasteiger partial charge in [-0.1, -0.05) is 0 Å². The normalized spacial score (nSPS) is 14.9. The molecule has 4 heteroatoms. The van der Waals surface area contributed by atoms with Gasteiger partial charge in [-0.3, -0.25) is 4.79 Å². The van der Waals surface area contributed by atoms with Crippen molar-refractivity contribution in [2.45, 2.75) is 18.9 Å². The van der Waals surface area contributed by atoms with Crippen LogP contribution >= 0.6 is 0 Å². The highest BCUT2D eigenvalue weighted by Crippen LogP contribution is 2.31. The largest absolute Gasteiger partial charge is 0.485 e. The maximum Gasteiger partial charge on any atom is 0.257 e. The molecule has 1 heterocycles. The first-order chi connectivity index (χ1) is 6.83. The second-order valence-electron chi connectivity index (χ2n) is 3.18. The Morgan fingerprint density at radius 3 is 2.86 bits per heavy atom. The molecule has 1 aliphatic rings. The summed E-state index contributed by atoms with van der Waals surface area (Å²) in [5.41, 5.74) is 0.352. The van der Waals surface area contributed by atoms with E-state index in [1.807, 2.05) is 0 Å². The molecule has 0 atom stereocenters. The predicted octanol–water partition coefficient (Wildman–Crippen LogP) is 1.44. The van der Waals surface area contributed by atoms with Crippen LogP contribution in [0.25, 0.3) is 0 Å². The molecule has 1 aliphatic carbocycles. The molecular formula is C10H11NO3. The number of pyridine rings is 1. The van der Waals surface area contributed by atoms with E-state index in [0.29, 0.717) is 29.7 Å². The first-order valence-electron chi connectivity index (χ1n) is 4.50. The monoisotopic (exact) mass is 193 g/mol. The highest BCUT2D eigenvalue weighted by atomic mass is 16.5. The second kappa shape index (κ2) is 3.65. The van der Waals surface area contributed by atoms with Crippen molar-refractivity contribution < 1.29 is 14.3 Å². The fourth-order valence-corrected chi connectivity index (χ4v) is 1.11. The molecule has 0 unspecified atom stereocenters. The third kappa shape index (κ3) is 1.84. The Bertz CT molecular complexity index is 347. The highest BCUT2D eigenvalue weighted by Gasteiger charge is 2.25. The Balaban J connectivity index is 2.23. The SMILES string of the molecule is COc1nc(C=O)ccc1OC1CC1. The zero-order valence-electron chi connectivity index (χ0n) is 7.90. The second-order valence-corrected chi connectivity index (χ2v) is 3.18. The van der Waals surface area contributed by atoms with Crippen LogP contribution in [0.15, 0.2) is 12.1 Å². The first kappa shape index (κ1) is 8.99. The molecule has 0 aliphatic heterocycles. The summed E-state index contributed by atoms with van der Waals surface area (Å²) >= 11 is 0. The van der Waals surface area contributed by atoms with Gasteiger partial charge in [0.1, 0.15) is 5.69 Å². The predicted molar refractivity (Wildman–Crippen MR) is 49.8 cm³/mol. The van der Waals surface area contributed by atoms with E-state index >= 15 is 0 Å². The lowest BCUT2D eigenvalue weighted by Gasteiger charge is -2.08. The fraction of sp³-hybridized carbons (Fsp3) is 0.400. The van der Waals surface area contributed by atoms with Gasteiger partial charge in [0, 0.05) is 0 Å². The van der Waals surface area contributed by atoms with Gasteiger partial charge in [-0.05, 0) is 25.0 Å². The maximum atomic E-state index is 10.5. The van der Waals surface area contributed by atoms with E-state index in [1.54, 1.807) is 12.1 Å². The average molecular weight is 193 g/mol. The van der Waals surface area contributed by atoms with Crippen LogP contribution in [-0.2, 0) is 0 Å². The zero-order valence-corrected chi connectivity index (χ0v) is 7.90. The van der Waals surface area contributed by atoms with Crippen molar-refractivity contribution in [3.8, 4) is 11.6 Å². The molecule has 0 aromatic carbocycles. The molecule has 1 aromatic rings. The highest BCUT2D eigenvalue weighted by molar-refractivity contribution is 5.72. The quantitative estimate of drug-likeness (QED) is 0.679. The van der Waals surface area contributed by atoms with Crippen LogP contribution in [0.2, 0.25) is 0 Å². The zero-order chi connectivity index (χ0) is 9.97. The summed E-state index contributed by atoms with van der Waals surface area (Å²) in [7, 11) is 1.51. The van der Waals surface area contributed by atoms with Crippen molar-refractivity contribution in [2.75, 3.05) is 7.11 Å². The molecule has 1 saturated carbocycles. The summed E-state index contributed by atoms with van der Waals surface area (Å²) < 4.78 is 10.6. The van der Waals surface area contributed by atoms with E-state index in [9.17, 15) is 4.79 Å². The maximum absolute atomic E-state index is 10.5. The van der Waals surface area contributed by atoms with Gasteiger partial charge in [0.2, 0.25) is 0 Å². The lowest BCUT2D eigenvalue weighted by atomic mass is 10.3. The number of carbonyl (C=O) groups is 1. The molecule has 0 spiro atoms. The Kier molecular flexibility index (Phi) is 2.35. The van der Waals surface area contributed by atoms with Crippen molar-refractivity contribution in [3.05, 3.63) is 17.8 Å². The van der Waals surface area contributed by atoms with Crippen molar-refractivity contribution in [1.82, 2.24) is 4.98 Å². The molecule has 14 heavy (non-hydrogen) atoms. The standard InChI is InChI=1S/C10H11NO3/c1-13-10-9(14-8-3-4-8)5-2-7(6-12)11-10/h2,5-6,8H,3-4H2,1H3. The van der Waals surface area contributed by atoms with Crippen LogP contribution < -0.4 is 9.47 Å². The Labute approximate surface area is 81.9 Å². The topological polar surface area (TPSA) is 48.4 Å². The minimum atomic E-state index is 0.299. The summed E-state index contributed by atoms with van der Waals surface area (Å²) in [6.45, 7) is 0. The smallest absolute Gasteiger partial charge is 0.257 e. The molecule has 2 rings (SSSR count). The van der Waals surface area contributed by atoms with Crippen LogP contribution in [-0.4, -0.2) is 24.5 Å². The molecule has 0 N–H and O–H groups in total. The van der Waals surface area contributed by atoms with Crippen molar-refractivity contribution in [2.24, 2.45) is 0 Å². The van der Waals surface area contributed by atoms with Gasteiger partial charge in [-0.2, -0.15) is 0 Å². The van der Waals surface area contributed by atoms with Gasteiger partial charge in [0.05, 0.1) is 13.2 Å². The Hall–Kier alpha value is -1.58. The Morgan fingerprint density at radius 2 is 2.29 bits per heavy atom. The summed E-state index contributed by atoms with van der Waals surface area (Å²) in [6, 6.07) is 3.33. The number of rotatable bonds is 4. The van der Waals surface area contributed by atoms with Crippen LogP contribution in [0.3, 0.4) is 0 Å². The number of nitrogens with zero attached hydrogens (tertiary/aromatic N) is 1. The molecule has 1 fully saturated rings. The van der Waals surface area contributed by atoms with Gasteiger partial charge in [0.25, 0.3) is 5.88 Å². The molecular weight excluding hydrogens is 182 g/mol. The summed E-state index contributed by atoms with van der Waals surface area (Å²) in [4.78, 5) is 14.4. The van der Waals surface area contributed by atoms with Gasteiger partial charge in [0.15, 0.2) is 12.0 Å². The number of carbonyl (C=O) groups excluding carboxylic acids is 1. The minimum absolute atomic E-state index is 0.299. The van der Waals surface area contributed by atoms with Gasteiger partial charge in [-0.15, -0.1) is 0 Å². The molecule has 0 saturated heterocycles. The number of ether oxygens (including phenoxy) is 2. The first-order valence-corrected chi connectivity index (χ1v) is 4.50. The third-order valence-electron chi connectivity index (χ3n) is 1.98. The van der Waals surface area contributed by atoms with Crippen LogP contribution in [0.1, 0.15) is 23.3 Å². The van der Waals surface area contributed by atoms with Crippen molar-refractivity contribution in [3.63, 3.8) is 0 Å². The molecule has 4 nitrogen and oxygen atoms in total. The number of aldehydes is 1. The lowest BCUT2D eigenvalue weighted by Crippen LogP contribution is -2.01. The van der Waals surface area contributed by atoms with Gasteiger partial charge >= 0.3 is 0 Å². The fourth-order valence-electron chi connectivity index (χ4n) is 1.11. The van der Waals surface area contributed by atoms with E-state index in [-0.39, 0.29) is 0 Å². The number of hydrogen-bond acceptors (Lipinski definition) is 4. The molecule has 0 radical (unpaired) electrons. The lowest BCUT2D eigenvalue weighted by molar-refractivity contribution is 0.111. The summed E-state index contributed by atoms with van der Waals surface area (Å²) in [6.07, 6.45) is 3.15. The van der Waals surface area contributed by atoms with Crippen LogP contribution in [0.4, 0.5) is 0 Å². The van der Waals surface area contributed by atoms with E-state index in [1.165, 1.54) is 7.11 Å². The van der Waals surface area contributed by atoms with E-state index in [4.69, 9.17) is 9.47 Å². The molecule has 1 aromatic heterocycles. The van der Waals surface area contributed by atoms with E-state index in [0.717, 1.165) is 12.8 Å². The molecule has 74 valence electrons. The average Bonchev–Trinajstić information content (AvgIpc) is 3.02. The summed E-state index contributed by atoms with van der Waals surface area (Å²) in [5, 5.41) is 0. The third-order valence-corrected chi connectivity index (χ3v) is 1.98. The Morgan fingerprint density at radius 1 is 1.50 bits per heavy atom. The van der Waals surface area contributed by atoms with E-state index < -0.39 is 0 Å². The van der Waals surface area contributed by atoms with Crippen LogP contribution in [0, 0.1) is 0 Å². The van der Waals surface area contributed by atoms with Gasteiger partial charge < -0.3 is 9.47 Å². The minimum Gasteiger partial charge on any atom is -0.485 e. The molecule has 0 amide bonds. The summed E-state index contributed by atoms with van der Waals surface area (Å²) in [5.74, 6) is 0.988. The molecule has 0 bridgehead atoms. The number of hydrogen-bond donors (Lipinski definition) is 0. The van der Waals surface area contributed by atoms with Crippen molar-refractivity contribution in [1.29, 1.82) is 0 Å². The van der Waals surface area contributed by atoms with Crippen LogP contribution in [0.5, 0.6) is 11.6 Å². The number of aromatic nitrogens is 1. The van der Waals surface area contributed by atoms with Crippen molar-refractivity contribution >= 4 is 6.29 Å². The van der Waals surface area contributed by atoms with Gasteiger partial charge in [-0.25, -0.2) is 4.98 Å².